The zero-order chi connectivity index (χ0) is 25.7. The van der Waals surface area contributed by atoms with Crippen LogP contribution in [0.1, 0.15) is 25.7 Å². The number of ether oxygens (including phenoxy) is 1. The Kier molecular flexibility index (Phi) is 5.73. The number of H-pyrrole nitrogens is 1. The van der Waals surface area contributed by atoms with E-state index in [-0.39, 0.29) is 29.2 Å². The van der Waals surface area contributed by atoms with Crippen LogP contribution in [0.5, 0.6) is 5.75 Å². The summed E-state index contributed by atoms with van der Waals surface area (Å²) < 4.78 is 35.3. The summed E-state index contributed by atoms with van der Waals surface area (Å²) in [6.45, 7) is 0. The number of hydrogen-bond donors (Lipinski definition) is 3. The van der Waals surface area contributed by atoms with Crippen molar-refractivity contribution in [3.63, 3.8) is 0 Å². The number of nitrogens with zero attached hydrogens (tertiary/aromatic N) is 3. The SMILES string of the molecule is COc1ccc(-c2nc(-c3c[nH]c4ncc(F)cc34)nc(NC3C4CCC(CC4)C3C(=O)O)c2F)cc1. The summed E-state index contributed by atoms with van der Waals surface area (Å²) in [5, 5.41) is 13.6. The highest BCUT2D eigenvalue weighted by atomic mass is 19.1. The third kappa shape index (κ3) is 4.06. The molecule has 10 heteroatoms. The number of rotatable bonds is 6. The Bertz CT molecular complexity index is 1480. The smallest absolute Gasteiger partial charge is 0.308 e. The molecule has 2 bridgehead atoms. The highest BCUT2D eigenvalue weighted by Gasteiger charge is 2.47. The Labute approximate surface area is 211 Å². The number of nitrogens with one attached hydrogen (secondary N) is 2. The topological polar surface area (TPSA) is 113 Å². The first-order chi connectivity index (χ1) is 17.9. The van der Waals surface area contributed by atoms with Gasteiger partial charge in [0, 0.05) is 28.8 Å². The van der Waals surface area contributed by atoms with E-state index in [0.717, 1.165) is 31.9 Å². The highest BCUT2D eigenvalue weighted by molar-refractivity contribution is 5.92. The van der Waals surface area contributed by atoms with Crippen LogP contribution in [0.3, 0.4) is 0 Å². The molecule has 3 saturated carbocycles. The Balaban J connectivity index is 1.49. The van der Waals surface area contributed by atoms with Gasteiger partial charge in [0.05, 0.1) is 19.2 Å². The fraction of sp³-hybridized carbons (Fsp3) is 0.333. The predicted molar refractivity (Wildman–Crippen MR) is 133 cm³/mol. The van der Waals surface area contributed by atoms with Gasteiger partial charge < -0.3 is 20.1 Å². The molecular weight excluding hydrogens is 480 g/mol. The fourth-order valence-corrected chi connectivity index (χ4v) is 5.94. The molecule has 3 aromatic heterocycles. The largest absolute Gasteiger partial charge is 0.497 e. The fourth-order valence-electron chi connectivity index (χ4n) is 5.94. The van der Waals surface area contributed by atoms with Crippen molar-refractivity contribution in [1.82, 2.24) is 19.9 Å². The van der Waals surface area contributed by atoms with Crippen LogP contribution in [-0.4, -0.2) is 44.2 Å². The van der Waals surface area contributed by atoms with E-state index in [1.807, 2.05) is 0 Å². The van der Waals surface area contributed by atoms with Gasteiger partial charge in [-0.2, -0.15) is 0 Å². The summed E-state index contributed by atoms with van der Waals surface area (Å²) in [5.74, 6) is -1.84. The molecule has 190 valence electrons. The predicted octanol–water partition coefficient (Wildman–Crippen LogP) is 5.28. The van der Waals surface area contributed by atoms with E-state index in [1.54, 1.807) is 37.6 Å². The molecule has 0 aliphatic heterocycles. The lowest BCUT2D eigenvalue weighted by Crippen LogP contribution is -2.51. The molecule has 8 nitrogen and oxygen atoms in total. The molecule has 3 heterocycles. The number of halogens is 2. The molecule has 3 N–H and O–H groups in total. The molecule has 3 aliphatic carbocycles. The van der Waals surface area contributed by atoms with Gasteiger partial charge in [-0.3, -0.25) is 4.79 Å². The summed E-state index contributed by atoms with van der Waals surface area (Å²) in [4.78, 5) is 28.3. The number of aromatic amines is 1. The molecule has 3 fully saturated rings. The van der Waals surface area contributed by atoms with Crippen molar-refractivity contribution in [3.8, 4) is 28.4 Å². The van der Waals surface area contributed by atoms with Crippen molar-refractivity contribution in [2.75, 3.05) is 12.4 Å². The zero-order valence-electron chi connectivity index (χ0n) is 20.0. The van der Waals surface area contributed by atoms with Gasteiger partial charge in [0.1, 0.15) is 22.9 Å². The van der Waals surface area contributed by atoms with Gasteiger partial charge in [0.2, 0.25) is 0 Å². The quantitative estimate of drug-likeness (QED) is 0.327. The maximum atomic E-state index is 16.0. The molecule has 0 amide bonds. The summed E-state index contributed by atoms with van der Waals surface area (Å²) in [6.07, 6.45) is 6.22. The lowest BCUT2D eigenvalue weighted by atomic mass is 9.61. The maximum Gasteiger partial charge on any atom is 0.308 e. The van der Waals surface area contributed by atoms with E-state index in [2.05, 4.69) is 25.3 Å². The average molecular weight is 506 g/mol. The molecule has 4 aromatic rings. The molecule has 7 rings (SSSR count). The lowest BCUT2D eigenvalue weighted by Gasteiger charge is -2.47. The number of carboxylic acid groups (broad SMARTS) is 1. The number of benzene rings is 1. The molecular formula is C27H25F2N5O3. The number of methoxy groups -OCH3 is 1. The van der Waals surface area contributed by atoms with Crippen LogP contribution in [0.4, 0.5) is 14.6 Å². The summed E-state index contributed by atoms with van der Waals surface area (Å²) >= 11 is 0. The summed E-state index contributed by atoms with van der Waals surface area (Å²) in [6, 6.07) is 7.66. The minimum absolute atomic E-state index is 0.0432. The monoisotopic (exact) mass is 505 g/mol. The van der Waals surface area contributed by atoms with Crippen LogP contribution in [0.2, 0.25) is 0 Å². The van der Waals surface area contributed by atoms with Crippen LogP contribution in [0.15, 0.2) is 42.7 Å². The minimum atomic E-state index is -0.879. The number of hydrogen-bond acceptors (Lipinski definition) is 6. The molecule has 0 saturated heterocycles. The highest BCUT2D eigenvalue weighted by Crippen LogP contribution is 2.46. The van der Waals surface area contributed by atoms with Gasteiger partial charge in [0.15, 0.2) is 17.5 Å². The van der Waals surface area contributed by atoms with Crippen molar-refractivity contribution < 1.29 is 23.4 Å². The van der Waals surface area contributed by atoms with Gasteiger partial charge in [-0.1, -0.05) is 0 Å². The lowest BCUT2D eigenvalue weighted by molar-refractivity contribution is -0.148. The number of anilines is 1. The van der Waals surface area contributed by atoms with E-state index >= 15 is 4.39 Å². The average Bonchev–Trinajstić information content (AvgIpc) is 3.33. The van der Waals surface area contributed by atoms with Crippen LogP contribution in [0, 0.1) is 29.4 Å². The molecule has 0 spiro atoms. The van der Waals surface area contributed by atoms with Gasteiger partial charge in [-0.25, -0.2) is 23.7 Å². The van der Waals surface area contributed by atoms with E-state index in [1.165, 1.54) is 6.07 Å². The van der Waals surface area contributed by atoms with Crippen LogP contribution in [-0.2, 0) is 4.79 Å². The molecule has 2 atom stereocenters. The third-order valence-electron chi connectivity index (χ3n) is 7.76. The molecule has 3 aliphatic rings. The van der Waals surface area contributed by atoms with Gasteiger partial charge >= 0.3 is 5.97 Å². The Morgan fingerprint density at radius 1 is 1.11 bits per heavy atom. The van der Waals surface area contributed by atoms with Gasteiger partial charge in [-0.05, 0) is 67.9 Å². The normalized spacial score (nSPS) is 22.8. The van der Waals surface area contributed by atoms with Crippen molar-refractivity contribution >= 4 is 22.8 Å². The Morgan fingerprint density at radius 3 is 2.54 bits per heavy atom. The number of carboxylic acids is 1. The summed E-state index contributed by atoms with van der Waals surface area (Å²) in [7, 11) is 1.54. The van der Waals surface area contributed by atoms with E-state index in [0.29, 0.717) is 27.9 Å². The molecule has 0 radical (unpaired) electrons. The number of fused-ring (bicyclic) bond motifs is 4. The number of carbonyl (C=O) groups is 1. The minimum Gasteiger partial charge on any atom is -0.497 e. The van der Waals surface area contributed by atoms with Crippen molar-refractivity contribution in [2.24, 2.45) is 17.8 Å². The second kappa shape index (κ2) is 9.10. The van der Waals surface area contributed by atoms with Crippen molar-refractivity contribution in [2.45, 2.75) is 31.7 Å². The zero-order valence-corrected chi connectivity index (χ0v) is 20.0. The first kappa shape index (κ1) is 23.3. The second-order valence-electron chi connectivity index (χ2n) is 9.75. The Hall–Kier alpha value is -4.08. The maximum absolute atomic E-state index is 16.0. The van der Waals surface area contributed by atoms with Gasteiger partial charge in [0.25, 0.3) is 0 Å². The molecule has 1 aromatic carbocycles. The number of aromatic nitrogens is 4. The first-order valence-electron chi connectivity index (χ1n) is 12.3. The van der Waals surface area contributed by atoms with Crippen LogP contribution in [0.25, 0.3) is 33.7 Å². The number of pyridine rings is 1. The second-order valence-corrected chi connectivity index (χ2v) is 9.75. The van der Waals surface area contributed by atoms with E-state index in [4.69, 9.17) is 4.74 Å². The van der Waals surface area contributed by atoms with E-state index < -0.39 is 29.6 Å². The van der Waals surface area contributed by atoms with Gasteiger partial charge in [-0.15, -0.1) is 0 Å². The molecule has 37 heavy (non-hydrogen) atoms. The third-order valence-corrected chi connectivity index (χ3v) is 7.76. The summed E-state index contributed by atoms with van der Waals surface area (Å²) in [5.41, 5.74) is 1.44. The number of aliphatic carboxylic acids is 1. The first-order valence-corrected chi connectivity index (χ1v) is 12.3. The molecule has 2 unspecified atom stereocenters. The van der Waals surface area contributed by atoms with Crippen LogP contribution >= 0.6 is 0 Å². The van der Waals surface area contributed by atoms with E-state index in [9.17, 15) is 14.3 Å². The Morgan fingerprint density at radius 2 is 1.84 bits per heavy atom. The standard InChI is InChI=1S/C27H25F2N5O3/c1-37-17-8-6-15(7-9-17)23-21(29)26(32-22-14-4-2-13(3-5-14)20(22)27(35)36)34-25(33-23)19-12-31-24-18(19)10-16(28)11-30-24/h6-14,20,22H,2-5H2,1H3,(H,30,31)(H,35,36)(H,32,33,34). The van der Waals surface area contributed by atoms with Crippen molar-refractivity contribution in [1.29, 1.82) is 0 Å². The van der Waals surface area contributed by atoms with Crippen LogP contribution < -0.4 is 10.1 Å². The van der Waals surface area contributed by atoms with Crippen molar-refractivity contribution in [3.05, 3.63) is 54.4 Å².